The zero-order valence-electron chi connectivity index (χ0n) is 17.6. The number of nitrogens with one attached hydrogen (secondary N) is 1. The number of aryl methyl sites for hydroxylation is 2. The summed E-state index contributed by atoms with van der Waals surface area (Å²) in [4.78, 5) is 21.0. The molecular formula is C23H25N6O2+. The third-order valence-electron chi connectivity index (χ3n) is 5.64. The number of H-pyrrole nitrogens is 1. The van der Waals surface area contributed by atoms with Gasteiger partial charge in [0.1, 0.15) is 5.69 Å². The predicted octanol–water partition coefficient (Wildman–Crippen LogP) is 2.42. The van der Waals surface area contributed by atoms with E-state index < -0.39 is 0 Å². The standard InChI is InChI=1S/C23H24N6O2/c1-14-11-17(12-15(2)25-14)19-20(16-7-4-3-5-8-16)26-22(24)29-21(19)27-28(23(29)30)13-18-9-6-10-31-18/h3-5,7-8,11-12,18H,6,9-10,13H2,1-2H3,(H2,24,26)/p+1/t18-/m0/s1. The minimum Gasteiger partial charge on any atom is -0.376 e. The quantitative estimate of drug-likeness (QED) is 0.549. The first kappa shape index (κ1) is 19.4. The lowest BCUT2D eigenvalue weighted by molar-refractivity contribution is -0.351. The summed E-state index contributed by atoms with van der Waals surface area (Å²) in [7, 11) is 0. The number of ether oxygens (including phenoxy) is 1. The average Bonchev–Trinajstić information content (AvgIpc) is 3.36. The van der Waals surface area contributed by atoms with Gasteiger partial charge in [-0.3, -0.25) is 10.7 Å². The highest BCUT2D eigenvalue weighted by atomic mass is 16.5. The van der Waals surface area contributed by atoms with E-state index in [9.17, 15) is 4.79 Å². The molecule has 0 radical (unpaired) electrons. The van der Waals surface area contributed by atoms with Crippen molar-refractivity contribution >= 4 is 11.6 Å². The van der Waals surface area contributed by atoms with Crippen molar-refractivity contribution in [3.8, 4) is 22.4 Å². The van der Waals surface area contributed by atoms with Crippen molar-refractivity contribution in [2.75, 3.05) is 12.3 Å². The van der Waals surface area contributed by atoms with Gasteiger partial charge < -0.3 is 4.74 Å². The molecule has 0 aliphatic carbocycles. The molecule has 0 unspecified atom stereocenters. The molecule has 1 aliphatic heterocycles. The second-order valence-corrected chi connectivity index (χ2v) is 8.02. The summed E-state index contributed by atoms with van der Waals surface area (Å²) in [5, 5.41) is 4.73. The molecule has 0 saturated carbocycles. The van der Waals surface area contributed by atoms with Crippen molar-refractivity contribution < 1.29 is 9.72 Å². The van der Waals surface area contributed by atoms with Crippen LogP contribution in [-0.2, 0) is 11.3 Å². The molecule has 4 aromatic rings. The Morgan fingerprint density at radius 3 is 2.58 bits per heavy atom. The summed E-state index contributed by atoms with van der Waals surface area (Å²) < 4.78 is 8.63. The van der Waals surface area contributed by atoms with Crippen molar-refractivity contribution in [1.82, 2.24) is 19.2 Å². The summed E-state index contributed by atoms with van der Waals surface area (Å²) in [6.45, 7) is 5.05. The average molecular weight is 417 g/mol. The van der Waals surface area contributed by atoms with Gasteiger partial charge >= 0.3 is 11.6 Å². The number of nitrogens with two attached hydrogens (primary N) is 1. The number of nitrogen functional groups attached to an aromatic ring is 1. The molecule has 3 N–H and O–H groups in total. The van der Waals surface area contributed by atoms with Gasteiger partial charge in [-0.2, -0.15) is 4.68 Å². The Balaban J connectivity index is 1.81. The van der Waals surface area contributed by atoms with Crippen LogP contribution >= 0.6 is 0 Å². The van der Waals surface area contributed by atoms with Crippen LogP contribution in [0, 0.1) is 13.8 Å². The van der Waals surface area contributed by atoms with Crippen LogP contribution in [0.4, 0.5) is 5.95 Å². The number of hydrogen-bond donors (Lipinski definition) is 1. The lowest BCUT2D eigenvalue weighted by atomic mass is 9.99. The van der Waals surface area contributed by atoms with E-state index in [1.807, 2.05) is 56.3 Å². The van der Waals surface area contributed by atoms with Gasteiger partial charge in [0, 0.05) is 23.6 Å². The highest BCUT2D eigenvalue weighted by Crippen LogP contribution is 2.33. The summed E-state index contributed by atoms with van der Waals surface area (Å²) >= 11 is 0. The van der Waals surface area contributed by atoms with Crippen LogP contribution in [-0.4, -0.2) is 31.9 Å². The second kappa shape index (κ2) is 7.63. The van der Waals surface area contributed by atoms with Gasteiger partial charge in [-0.25, -0.2) is 9.78 Å². The first-order valence-electron chi connectivity index (χ1n) is 10.5. The Kier molecular flexibility index (Phi) is 4.78. The van der Waals surface area contributed by atoms with Crippen molar-refractivity contribution in [2.45, 2.75) is 39.3 Å². The summed E-state index contributed by atoms with van der Waals surface area (Å²) in [6.07, 6.45) is 1.92. The molecule has 1 aliphatic rings. The van der Waals surface area contributed by atoms with Gasteiger partial charge in [0.05, 0.1) is 18.2 Å². The van der Waals surface area contributed by atoms with E-state index >= 15 is 0 Å². The summed E-state index contributed by atoms with van der Waals surface area (Å²) in [5.41, 5.74) is 11.9. The fraction of sp³-hybridized carbons (Fsp3) is 0.304. The maximum Gasteiger partial charge on any atom is 0.411 e. The maximum absolute atomic E-state index is 13.2. The molecule has 5 rings (SSSR count). The zero-order valence-corrected chi connectivity index (χ0v) is 17.6. The molecule has 31 heavy (non-hydrogen) atoms. The minimum atomic E-state index is -0.275. The molecule has 8 nitrogen and oxygen atoms in total. The number of anilines is 1. The number of fused-ring (bicyclic) bond motifs is 1. The molecule has 158 valence electrons. The van der Waals surface area contributed by atoms with E-state index in [-0.39, 0.29) is 17.7 Å². The lowest BCUT2D eigenvalue weighted by Crippen LogP contribution is -2.30. The van der Waals surface area contributed by atoms with Crippen LogP contribution in [0.2, 0.25) is 0 Å². The van der Waals surface area contributed by atoms with Crippen LogP contribution in [0.25, 0.3) is 28.0 Å². The molecule has 1 saturated heterocycles. The number of rotatable bonds is 4. The number of hydrogen-bond acceptors (Lipinski definition) is 5. The van der Waals surface area contributed by atoms with E-state index in [1.54, 1.807) is 0 Å². The first-order valence-corrected chi connectivity index (χ1v) is 10.5. The van der Waals surface area contributed by atoms with Gasteiger partial charge in [0.2, 0.25) is 5.65 Å². The molecule has 1 atom stereocenters. The van der Waals surface area contributed by atoms with E-state index in [0.717, 1.165) is 53.2 Å². The van der Waals surface area contributed by atoms with Gasteiger partial charge in [0.15, 0.2) is 0 Å². The third-order valence-corrected chi connectivity index (χ3v) is 5.64. The third kappa shape index (κ3) is 3.48. The molecule has 0 bridgehead atoms. The van der Waals surface area contributed by atoms with Crippen LogP contribution in [0.5, 0.6) is 0 Å². The Labute approximate surface area is 179 Å². The molecule has 1 aromatic carbocycles. The summed E-state index contributed by atoms with van der Waals surface area (Å²) in [6, 6.07) is 13.9. The Morgan fingerprint density at radius 2 is 1.90 bits per heavy atom. The molecule has 3 aromatic heterocycles. The van der Waals surface area contributed by atoms with Gasteiger partial charge in [-0.15, -0.1) is 9.50 Å². The van der Waals surface area contributed by atoms with Crippen LogP contribution in [0.1, 0.15) is 24.2 Å². The molecule has 0 amide bonds. The van der Waals surface area contributed by atoms with Crippen LogP contribution in [0.15, 0.2) is 47.3 Å². The number of nitrogens with zero attached hydrogens (tertiary/aromatic N) is 4. The fourth-order valence-electron chi connectivity index (χ4n) is 4.32. The molecule has 0 spiro atoms. The number of pyridine rings is 1. The van der Waals surface area contributed by atoms with E-state index in [1.165, 1.54) is 9.08 Å². The SMILES string of the molecule is Cc1cc(-c2c(-c3ccccc3)[nH+]c(N)n3c(=O)n(C[C@@H]4CCCO4)nc23)cc(C)n1. The Hall–Kier alpha value is -3.52. The number of aromatic amines is 1. The van der Waals surface area contributed by atoms with Crippen LogP contribution in [0.3, 0.4) is 0 Å². The summed E-state index contributed by atoms with van der Waals surface area (Å²) in [5.74, 6) is 0.240. The highest BCUT2D eigenvalue weighted by Gasteiger charge is 2.27. The fourth-order valence-corrected chi connectivity index (χ4v) is 4.32. The molecular weight excluding hydrogens is 392 g/mol. The molecule has 1 fully saturated rings. The van der Waals surface area contributed by atoms with Crippen molar-refractivity contribution in [3.63, 3.8) is 0 Å². The lowest BCUT2D eigenvalue weighted by Gasteiger charge is -2.10. The van der Waals surface area contributed by atoms with Crippen LogP contribution < -0.4 is 16.4 Å². The largest absolute Gasteiger partial charge is 0.411 e. The van der Waals surface area contributed by atoms with Gasteiger partial charge in [-0.05, 0) is 44.4 Å². The number of benzene rings is 1. The van der Waals surface area contributed by atoms with E-state index in [2.05, 4.69) is 9.97 Å². The van der Waals surface area contributed by atoms with Crippen molar-refractivity contribution in [1.29, 1.82) is 0 Å². The monoisotopic (exact) mass is 417 g/mol. The minimum absolute atomic E-state index is 0.00438. The van der Waals surface area contributed by atoms with E-state index in [4.69, 9.17) is 15.6 Å². The zero-order chi connectivity index (χ0) is 21.5. The van der Waals surface area contributed by atoms with Crippen molar-refractivity contribution in [3.05, 3.63) is 64.3 Å². The Bertz CT molecular complexity index is 1300. The smallest absolute Gasteiger partial charge is 0.376 e. The first-order chi connectivity index (χ1) is 15.0. The number of aromatic nitrogens is 5. The Morgan fingerprint density at radius 1 is 1.16 bits per heavy atom. The van der Waals surface area contributed by atoms with Gasteiger partial charge in [-0.1, -0.05) is 30.3 Å². The highest BCUT2D eigenvalue weighted by molar-refractivity contribution is 5.88. The molecule has 8 heteroatoms. The topological polar surface area (TPSA) is 102 Å². The maximum atomic E-state index is 13.2. The predicted molar refractivity (Wildman–Crippen MR) is 118 cm³/mol. The second-order valence-electron chi connectivity index (χ2n) is 8.02. The normalized spacial score (nSPS) is 16.3. The molecule has 4 heterocycles. The van der Waals surface area contributed by atoms with Gasteiger partial charge in [0.25, 0.3) is 0 Å². The van der Waals surface area contributed by atoms with Crippen molar-refractivity contribution in [2.24, 2.45) is 0 Å². The van der Waals surface area contributed by atoms with E-state index in [0.29, 0.717) is 12.2 Å².